The lowest BCUT2D eigenvalue weighted by Gasteiger charge is -2.40. The number of amides is 2. The third-order valence-electron chi connectivity index (χ3n) is 4.80. The van der Waals surface area contributed by atoms with Crippen LogP contribution in [0, 0.1) is 5.92 Å². The Balaban J connectivity index is 1.96. The second-order valence-electron chi connectivity index (χ2n) is 7.20. The first-order valence-corrected chi connectivity index (χ1v) is 8.59. The zero-order valence-electron chi connectivity index (χ0n) is 13.8. The number of quaternary nitrogens is 1. The first-order chi connectivity index (χ1) is 10.7. The lowest BCUT2D eigenvalue weighted by molar-refractivity contribution is -0.893. The number of benzene rings is 1. The highest BCUT2D eigenvalue weighted by Gasteiger charge is 2.52. The standard InChI is InChI=1S/C17H23BrN2O3/c1-17(2,3)20(16(22)23)9-8-12(11-20)10-19-15(21)13-4-6-14(18)7-5-13/h4-7,12H,8-11H2,1-3H3,(H-,19,21,22,23)/p+1/t12-,20?/m0/s1. The minimum Gasteiger partial charge on any atom is -0.435 e. The monoisotopic (exact) mass is 383 g/mol. The molecule has 1 aliphatic rings. The van der Waals surface area contributed by atoms with Crippen molar-refractivity contribution in [1.29, 1.82) is 0 Å². The Bertz CT molecular complexity index is 595. The van der Waals surface area contributed by atoms with Gasteiger partial charge >= 0.3 is 6.09 Å². The van der Waals surface area contributed by atoms with E-state index in [0.717, 1.165) is 10.9 Å². The number of carboxylic acid groups (broad SMARTS) is 1. The second kappa shape index (κ2) is 6.61. The van der Waals surface area contributed by atoms with Crippen LogP contribution >= 0.6 is 15.9 Å². The predicted octanol–water partition coefficient (Wildman–Crippen LogP) is 3.49. The van der Waals surface area contributed by atoms with Crippen LogP contribution in [0.4, 0.5) is 4.79 Å². The van der Waals surface area contributed by atoms with Gasteiger partial charge in [0.25, 0.3) is 5.91 Å². The van der Waals surface area contributed by atoms with Crippen molar-refractivity contribution >= 4 is 27.9 Å². The van der Waals surface area contributed by atoms with Crippen LogP contribution in [0.15, 0.2) is 28.7 Å². The third-order valence-corrected chi connectivity index (χ3v) is 5.33. The Hall–Kier alpha value is -1.40. The molecule has 0 radical (unpaired) electrons. The van der Waals surface area contributed by atoms with Crippen molar-refractivity contribution in [1.82, 2.24) is 5.32 Å². The quantitative estimate of drug-likeness (QED) is 0.784. The summed E-state index contributed by atoms with van der Waals surface area (Å²) in [4.78, 5) is 23.9. The molecule has 2 atom stereocenters. The molecular weight excluding hydrogens is 360 g/mol. The molecule has 2 N–H and O–H groups in total. The zero-order valence-corrected chi connectivity index (χ0v) is 15.4. The minimum absolute atomic E-state index is 0.0613. The molecule has 1 fully saturated rings. The summed E-state index contributed by atoms with van der Waals surface area (Å²) in [6.07, 6.45) is 0.0312. The van der Waals surface area contributed by atoms with E-state index >= 15 is 0 Å². The van der Waals surface area contributed by atoms with E-state index in [2.05, 4.69) is 21.2 Å². The highest BCUT2D eigenvalue weighted by Crippen LogP contribution is 2.34. The van der Waals surface area contributed by atoms with Crippen LogP contribution in [-0.4, -0.2) is 46.8 Å². The number of rotatable bonds is 3. The summed E-state index contributed by atoms with van der Waals surface area (Å²) in [7, 11) is 0. The molecule has 126 valence electrons. The second-order valence-corrected chi connectivity index (χ2v) is 8.11. The van der Waals surface area contributed by atoms with Crippen LogP contribution in [0.25, 0.3) is 0 Å². The number of carbonyl (C=O) groups is 2. The molecule has 1 saturated heterocycles. The molecule has 0 spiro atoms. The maximum Gasteiger partial charge on any atom is 0.513 e. The Labute approximate surface area is 145 Å². The molecule has 6 heteroatoms. The highest BCUT2D eigenvalue weighted by atomic mass is 79.9. The van der Waals surface area contributed by atoms with E-state index in [9.17, 15) is 14.7 Å². The van der Waals surface area contributed by atoms with Gasteiger partial charge in [0.2, 0.25) is 0 Å². The Morgan fingerprint density at radius 3 is 2.39 bits per heavy atom. The molecule has 0 bridgehead atoms. The maximum atomic E-state index is 12.2. The summed E-state index contributed by atoms with van der Waals surface area (Å²) >= 11 is 3.34. The molecule has 1 heterocycles. The average molecular weight is 384 g/mol. The summed E-state index contributed by atoms with van der Waals surface area (Å²) in [5, 5.41) is 12.6. The molecule has 1 unspecified atom stereocenters. The molecule has 2 rings (SSSR count). The maximum absolute atomic E-state index is 12.2. The normalized spacial score (nSPS) is 24.4. The largest absolute Gasteiger partial charge is 0.513 e. The number of hydrogen-bond acceptors (Lipinski definition) is 2. The van der Waals surface area contributed by atoms with Crippen molar-refractivity contribution in [3.05, 3.63) is 34.3 Å². The van der Waals surface area contributed by atoms with Crippen LogP contribution in [-0.2, 0) is 0 Å². The summed E-state index contributed by atoms with van der Waals surface area (Å²) in [6, 6.07) is 7.19. The van der Waals surface area contributed by atoms with Crippen LogP contribution in [0.5, 0.6) is 0 Å². The van der Waals surface area contributed by atoms with E-state index in [4.69, 9.17) is 0 Å². The fourth-order valence-corrected chi connectivity index (χ4v) is 3.47. The van der Waals surface area contributed by atoms with Crippen molar-refractivity contribution in [3.63, 3.8) is 0 Å². The summed E-state index contributed by atoms with van der Waals surface area (Å²) in [5.41, 5.74) is 0.261. The van der Waals surface area contributed by atoms with Gasteiger partial charge in [0.1, 0.15) is 5.54 Å². The Morgan fingerprint density at radius 1 is 1.30 bits per heavy atom. The average Bonchev–Trinajstić information content (AvgIpc) is 2.91. The van der Waals surface area contributed by atoms with Crippen molar-refractivity contribution in [2.24, 2.45) is 5.92 Å². The van der Waals surface area contributed by atoms with E-state index in [1.807, 2.05) is 32.9 Å². The SMILES string of the molecule is CC(C)(C)[N+]1(C(=O)O)CC[C@@H](CNC(=O)c2ccc(Br)cc2)C1. The van der Waals surface area contributed by atoms with Gasteiger partial charge in [-0.1, -0.05) is 15.9 Å². The van der Waals surface area contributed by atoms with Gasteiger partial charge in [-0.25, -0.2) is 4.48 Å². The third kappa shape index (κ3) is 3.75. The molecule has 0 aliphatic carbocycles. The molecule has 1 aromatic carbocycles. The van der Waals surface area contributed by atoms with Crippen LogP contribution in [0.3, 0.4) is 0 Å². The summed E-state index contributed by atoms with van der Waals surface area (Å²) in [6.45, 7) is 7.56. The fourth-order valence-electron chi connectivity index (χ4n) is 3.20. The van der Waals surface area contributed by atoms with E-state index < -0.39 is 6.09 Å². The van der Waals surface area contributed by atoms with Crippen LogP contribution in [0.2, 0.25) is 0 Å². The van der Waals surface area contributed by atoms with E-state index in [0.29, 0.717) is 25.2 Å². The molecule has 2 amide bonds. The van der Waals surface area contributed by atoms with Gasteiger partial charge in [-0.2, -0.15) is 4.79 Å². The Morgan fingerprint density at radius 2 is 1.91 bits per heavy atom. The first-order valence-electron chi connectivity index (χ1n) is 7.80. The lowest BCUT2D eigenvalue weighted by atomic mass is 10.0. The number of carbonyl (C=O) groups excluding carboxylic acids is 1. The number of nitrogens with one attached hydrogen (secondary N) is 1. The van der Waals surface area contributed by atoms with E-state index in [-0.39, 0.29) is 21.8 Å². The van der Waals surface area contributed by atoms with Gasteiger partial charge in [0.05, 0.1) is 13.1 Å². The van der Waals surface area contributed by atoms with Gasteiger partial charge in [-0.05, 0) is 45.0 Å². The fraction of sp³-hybridized carbons (Fsp3) is 0.529. The van der Waals surface area contributed by atoms with E-state index in [1.165, 1.54) is 0 Å². The predicted molar refractivity (Wildman–Crippen MR) is 92.4 cm³/mol. The van der Waals surface area contributed by atoms with Gasteiger partial charge in [-0.15, -0.1) is 0 Å². The lowest BCUT2D eigenvalue weighted by Crippen LogP contribution is -2.62. The van der Waals surface area contributed by atoms with Crippen molar-refractivity contribution in [2.45, 2.75) is 32.7 Å². The molecule has 0 aromatic heterocycles. The summed E-state index contributed by atoms with van der Waals surface area (Å²) < 4.78 is 0.991. The van der Waals surface area contributed by atoms with Crippen molar-refractivity contribution in [3.8, 4) is 0 Å². The van der Waals surface area contributed by atoms with Crippen LogP contribution in [0.1, 0.15) is 37.6 Å². The van der Waals surface area contributed by atoms with Gasteiger partial charge in [0, 0.05) is 28.9 Å². The zero-order chi connectivity index (χ0) is 17.3. The van der Waals surface area contributed by atoms with Crippen molar-refractivity contribution in [2.75, 3.05) is 19.6 Å². The Kier molecular flexibility index (Phi) is 5.16. The highest BCUT2D eigenvalue weighted by molar-refractivity contribution is 9.10. The summed E-state index contributed by atoms with van der Waals surface area (Å²) in [5.74, 6) is 0.0679. The molecule has 1 aromatic rings. The van der Waals surface area contributed by atoms with Crippen molar-refractivity contribution < 1.29 is 19.2 Å². The molecular formula is C17H24BrN2O3+. The molecule has 0 saturated carbocycles. The molecule has 5 nitrogen and oxygen atoms in total. The van der Waals surface area contributed by atoms with Gasteiger partial charge in [-0.3, -0.25) is 4.79 Å². The van der Waals surface area contributed by atoms with Crippen LogP contribution < -0.4 is 5.32 Å². The molecule has 23 heavy (non-hydrogen) atoms. The van der Waals surface area contributed by atoms with E-state index in [1.54, 1.807) is 12.1 Å². The topological polar surface area (TPSA) is 66.4 Å². The minimum atomic E-state index is -0.778. The number of hydrogen-bond donors (Lipinski definition) is 2. The van der Waals surface area contributed by atoms with Gasteiger partial charge in [0.15, 0.2) is 0 Å². The van der Waals surface area contributed by atoms with Gasteiger partial charge < -0.3 is 10.4 Å². The molecule has 1 aliphatic heterocycles. The first kappa shape index (κ1) is 17.9. The number of likely N-dealkylation sites (tertiary alicyclic amines) is 1. The number of halogens is 1. The smallest absolute Gasteiger partial charge is 0.435 e. The number of nitrogens with zero attached hydrogens (tertiary/aromatic N) is 1.